The zero-order chi connectivity index (χ0) is 18.8. The van der Waals surface area contributed by atoms with Gasteiger partial charge in [-0.1, -0.05) is 43.2 Å². The van der Waals surface area contributed by atoms with Crippen molar-refractivity contribution in [2.45, 2.75) is 38.2 Å². The van der Waals surface area contributed by atoms with Gasteiger partial charge >= 0.3 is 0 Å². The Kier molecular flexibility index (Phi) is 5.25. The molecular formula is C21H26N2O4. The summed E-state index contributed by atoms with van der Waals surface area (Å²) in [6, 6.07) is 9.88. The molecule has 2 heterocycles. The average molecular weight is 370 g/mol. The summed E-state index contributed by atoms with van der Waals surface area (Å²) in [5.74, 6) is -0.447. The van der Waals surface area contributed by atoms with Gasteiger partial charge in [0.05, 0.1) is 25.0 Å². The number of hydrogen-bond acceptors (Lipinski definition) is 4. The molecule has 3 amide bonds. The second kappa shape index (κ2) is 7.80. The monoisotopic (exact) mass is 370 g/mol. The molecule has 0 N–H and O–H groups in total. The number of rotatable bonds is 4. The lowest BCUT2D eigenvalue weighted by molar-refractivity contribution is -0.142. The summed E-state index contributed by atoms with van der Waals surface area (Å²) < 4.78 is 5.81. The van der Waals surface area contributed by atoms with Gasteiger partial charge in [0.1, 0.15) is 6.10 Å². The number of likely N-dealkylation sites (tertiary alicyclic amines) is 1. The van der Waals surface area contributed by atoms with Gasteiger partial charge < -0.3 is 9.64 Å². The number of benzene rings is 1. The van der Waals surface area contributed by atoms with Crippen molar-refractivity contribution in [1.82, 2.24) is 9.80 Å². The summed E-state index contributed by atoms with van der Waals surface area (Å²) in [6.07, 6.45) is 3.72. The summed E-state index contributed by atoms with van der Waals surface area (Å²) in [7, 11) is 0. The van der Waals surface area contributed by atoms with Crippen LogP contribution in [0.3, 0.4) is 0 Å². The number of amides is 3. The molecule has 6 nitrogen and oxygen atoms in total. The third-order valence-electron chi connectivity index (χ3n) is 6.07. The maximum Gasteiger partial charge on any atom is 0.233 e. The van der Waals surface area contributed by atoms with E-state index in [1.165, 1.54) is 4.90 Å². The molecule has 3 unspecified atom stereocenters. The lowest BCUT2D eigenvalue weighted by Gasteiger charge is -2.33. The first-order valence-electron chi connectivity index (χ1n) is 9.94. The smallest absolute Gasteiger partial charge is 0.233 e. The van der Waals surface area contributed by atoms with E-state index in [-0.39, 0.29) is 48.6 Å². The number of imide groups is 1. The molecule has 0 bridgehead atoms. The van der Waals surface area contributed by atoms with Gasteiger partial charge in [0, 0.05) is 19.5 Å². The predicted molar refractivity (Wildman–Crippen MR) is 98.5 cm³/mol. The van der Waals surface area contributed by atoms with Gasteiger partial charge in [-0.25, -0.2) is 0 Å². The highest BCUT2D eigenvalue weighted by Gasteiger charge is 2.47. The van der Waals surface area contributed by atoms with Crippen LogP contribution in [0, 0.1) is 11.8 Å². The minimum atomic E-state index is -0.146. The van der Waals surface area contributed by atoms with E-state index in [1.54, 1.807) is 4.90 Å². The second-order valence-corrected chi connectivity index (χ2v) is 7.69. The normalized spacial score (nSPS) is 28.4. The molecule has 0 spiro atoms. The van der Waals surface area contributed by atoms with Crippen LogP contribution in [-0.4, -0.2) is 53.8 Å². The van der Waals surface area contributed by atoms with Crippen LogP contribution >= 0.6 is 0 Å². The van der Waals surface area contributed by atoms with E-state index >= 15 is 0 Å². The fourth-order valence-electron chi connectivity index (χ4n) is 4.56. The van der Waals surface area contributed by atoms with E-state index in [9.17, 15) is 14.4 Å². The molecule has 6 heteroatoms. The zero-order valence-electron chi connectivity index (χ0n) is 15.5. The molecule has 0 aromatic heterocycles. The van der Waals surface area contributed by atoms with Crippen molar-refractivity contribution in [3.63, 3.8) is 0 Å². The predicted octanol–water partition coefficient (Wildman–Crippen LogP) is 2.15. The fraction of sp³-hybridized carbons (Fsp3) is 0.571. The zero-order valence-corrected chi connectivity index (χ0v) is 15.5. The lowest BCUT2D eigenvalue weighted by atomic mass is 9.81. The number of nitrogens with zero attached hydrogens (tertiary/aromatic N) is 2. The van der Waals surface area contributed by atoms with Crippen LogP contribution in [0.5, 0.6) is 0 Å². The highest BCUT2D eigenvalue weighted by atomic mass is 16.5. The molecule has 3 fully saturated rings. The van der Waals surface area contributed by atoms with Crippen molar-refractivity contribution >= 4 is 17.7 Å². The highest BCUT2D eigenvalue weighted by Crippen LogP contribution is 2.38. The van der Waals surface area contributed by atoms with Gasteiger partial charge in [0.15, 0.2) is 0 Å². The standard InChI is InChI=1S/C21H26N2O4/c24-19(22-12-13-27-18(14-22)15-6-2-1-3-7-15)10-11-23-20(25)16-8-4-5-9-17(16)21(23)26/h1-3,6-7,16-18H,4-5,8-14H2. The van der Waals surface area contributed by atoms with Crippen molar-refractivity contribution < 1.29 is 19.1 Å². The Hall–Kier alpha value is -2.21. The maximum absolute atomic E-state index is 12.7. The van der Waals surface area contributed by atoms with Crippen LogP contribution < -0.4 is 0 Å². The van der Waals surface area contributed by atoms with Crippen LogP contribution in [-0.2, 0) is 19.1 Å². The average Bonchev–Trinajstić information content (AvgIpc) is 2.97. The molecule has 2 aliphatic heterocycles. The van der Waals surface area contributed by atoms with Crippen LogP contribution in [0.1, 0.15) is 43.8 Å². The number of hydrogen-bond donors (Lipinski definition) is 0. The Morgan fingerprint density at radius 1 is 1.04 bits per heavy atom. The molecule has 1 aromatic carbocycles. The Bertz CT molecular complexity index is 696. The number of carbonyl (C=O) groups is 3. The van der Waals surface area contributed by atoms with E-state index < -0.39 is 0 Å². The van der Waals surface area contributed by atoms with Crippen molar-refractivity contribution in [3.8, 4) is 0 Å². The van der Waals surface area contributed by atoms with E-state index in [2.05, 4.69) is 0 Å². The minimum absolute atomic E-state index is 0.0188. The van der Waals surface area contributed by atoms with E-state index in [4.69, 9.17) is 4.74 Å². The van der Waals surface area contributed by atoms with Gasteiger partial charge in [0.25, 0.3) is 0 Å². The van der Waals surface area contributed by atoms with Crippen LogP contribution in [0.15, 0.2) is 30.3 Å². The molecule has 0 radical (unpaired) electrons. The van der Waals surface area contributed by atoms with Crippen LogP contribution in [0.25, 0.3) is 0 Å². The summed E-state index contributed by atoms with van der Waals surface area (Å²) in [5, 5.41) is 0. The highest BCUT2D eigenvalue weighted by molar-refractivity contribution is 6.05. The van der Waals surface area contributed by atoms with E-state index in [0.717, 1.165) is 31.2 Å². The number of ether oxygens (including phenoxy) is 1. The van der Waals surface area contributed by atoms with Gasteiger partial charge in [-0.15, -0.1) is 0 Å². The number of morpholine rings is 1. The lowest BCUT2D eigenvalue weighted by Crippen LogP contribution is -2.44. The molecular weight excluding hydrogens is 344 g/mol. The number of fused-ring (bicyclic) bond motifs is 1. The Labute approximate surface area is 159 Å². The van der Waals surface area contributed by atoms with Crippen molar-refractivity contribution in [2.24, 2.45) is 11.8 Å². The fourth-order valence-corrected chi connectivity index (χ4v) is 4.56. The second-order valence-electron chi connectivity index (χ2n) is 7.69. The SMILES string of the molecule is O=C(CCN1C(=O)C2CCCCC2C1=O)N1CCOC(c2ccccc2)C1. The summed E-state index contributed by atoms with van der Waals surface area (Å²) in [6.45, 7) is 1.76. The van der Waals surface area contributed by atoms with Gasteiger partial charge in [-0.2, -0.15) is 0 Å². The quantitative estimate of drug-likeness (QED) is 0.762. The molecule has 3 aliphatic rings. The van der Waals surface area contributed by atoms with Gasteiger partial charge in [0.2, 0.25) is 17.7 Å². The summed E-state index contributed by atoms with van der Waals surface area (Å²) >= 11 is 0. The molecule has 1 aliphatic carbocycles. The third kappa shape index (κ3) is 3.63. The molecule has 144 valence electrons. The molecule has 2 saturated heterocycles. The Morgan fingerprint density at radius 3 is 2.37 bits per heavy atom. The summed E-state index contributed by atoms with van der Waals surface area (Å²) in [5.41, 5.74) is 1.06. The first-order valence-corrected chi connectivity index (χ1v) is 9.94. The molecule has 27 heavy (non-hydrogen) atoms. The molecule has 3 atom stereocenters. The maximum atomic E-state index is 12.7. The third-order valence-corrected chi connectivity index (χ3v) is 6.07. The Balaban J connectivity index is 1.34. The molecule has 1 aromatic rings. The van der Waals surface area contributed by atoms with Crippen molar-refractivity contribution in [3.05, 3.63) is 35.9 Å². The molecule has 1 saturated carbocycles. The van der Waals surface area contributed by atoms with E-state index in [0.29, 0.717) is 19.7 Å². The van der Waals surface area contributed by atoms with Crippen molar-refractivity contribution in [1.29, 1.82) is 0 Å². The van der Waals surface area contributed by atoms with Crippen molar-refractivity contribution in [2.75, 3.05) is 26.2 Å². The first-order chi connectivity index (χ1) is 13.1. The summed E-state index contributed by atoms with van der Waals surface area (Å²) in [4.78, 5) is 40.9. The topological polar surface area (TPSA) is 66.9 Å². The van der Waals surface area contributed by atoms with Crippen LogP contribution in [0.4, 0.5) is 0 Å². The minimum Gasteiger partial charge on any atom is -0.370 e. The van der Waals surface area contributed by atoms with Gasteiger partial charge in [-0.05, 0) is 18.4 Å². The molecule has 4 rings (SSSR count). The number of carbonyl (C=O) groups excluding carboxylic acids is 3. The van der Waals surface area contributed by atoms with E-state index in [1.807, 2.05) is 30.3 Å². The van der Waals surface area contributed by atoms with Gasteiger partial charge in [-0.3, -0.25) is 19.3 Å². The Morgan fingerprint density at radius 2 is 1.70 bits per heavy atom. The van der Waals surface area contributed by atoms with Crippen LogP contribution in [0.2, 0.25) is 0 Å². The largest absolute Gasteiger partial charge is 0.370 e. The first kappa shape index (κ1) is 18.2.